The van der Waals surface area contributed by atoms with Crippen molar-refractivity contribution < 1.29 is 9.53 Å². The molecule has 3 heterocycles. The van der Waals surface area contributed by atoms with E-state index in [9.17, 15) is 4.79 Å². The highest BCUT2D eigenvalue weighted by Crippen LogP contribution is 2.24. The first kappa shape index (κ1) is 18.1. The smallest absolute Gasteiger partial charge is 0.209 e. The minimum absolute atomic E-state index is 0.108. The van der Waals surface area contributed by atoms with Crippen LogP contribution in [-0.4, -0.2) is 49.0 Å². The van der Waals surface area contributed by atoms with E-state index in [1.54, 1.807) is 4.68 Å². The largest absolute Gasteiger partial charge is 0.376 e. The third kappa shape index (κ3) is 3.95. The Morgan fingerprint density at radius 1 is 1.44 bits per heavy atom. The van der Waals surface area contributed by atoms with Crippen molar-refractivity contribution in [1.29, 1.82) is 0 Å². The van der Waals surface area contributed by atoms with Gasteiger partial charge in [-0.25, -0.2) is 4.68 Å². The molecule has 1 saturated heterocycles. The fourth-order valence-electron chi connectivity index (χ4n) is 3.46. The number of tetrazole rings is 1. The van der Waals surface area contributed by atoms with Crippen molar-refractivity contribution in [2.45, 2.75) is 64.4 Å². The number of nitrogens with zero attached hydrogens (tertiary/aromatic N) is 5. The number of aromatic nitrogens is 5. The lowest BCUT2D eigenvalue weighted by Gasteiger charge is -2.13. The summed E-state index contributed by atoms with van der Waals surface area (Å²) in [6.07, 6.45) is 2.28. The van der Waals surface area contributed by atoms with E-state index < -0.39 is 0 Å². The van der Waals surface area contributed by atoms with Crippen molar-refractivity contribution in [3.63, 3.8) is 0 Å². The van der Waals surface area contributed by atoms with Gasteiger partial charge in [-0.15, -0.1) is 5.10 Å². The highest BCUT2D eigenvalue weighted by molar-refractivity contribution is 7.99. The van der Waals surface area contributed by atoms with Crippen LogP contribution in [0.4, 0.5) is 0 Å². The molecule has 136 valence electrons. The molecule has 1 aliphatic heterocycles. The molecule has 0 amide bonds. The molecule has 25 heavy (non-hydrogen) atoms. The molecule has 0 N–H and O–H groups in total. The number of ether oxygens (including phenoxy) is 1. The van der Waals surface area contributed by atoms with Gasteiger partial charge in [-0.3, -0.25) is 4.79 Å². The first-order chi connectivity index (χ1) is 12.0. The number of ketones is 1. The zero-order valence-corrected chi connectivity index (χ0v) is 16.0. The summed E-state index contributed by atoms with van der Waals surface area (Å²) in [5.74, 6) is 0.436. The average molecular weight is 363 g/mol. The summed E-state index contributed by atoms with van der Waals surface area (Å²) in [5.41, 5.74) is 2.93. The van der Waals surface area contributed by atoms with Crippen LogP contribution in [-0.2, 0) is 11.3 Å². The summed E-state index contributed by atoms with van der Waals surface area (Å²) in [6.45, 7) is 9.75. The third-order valence-electron chi connectivity index (χ3n) is 4.53. The second-order valence-corrected chi connectivity index (χ2v) is 7.68. The number of Topliss-reactive ketones (excluding diaryl/α,β-unsaturated/α-hetero) is 1. The maximum atomic E-state index is 12.7. The van der Waals surface area contributed by atoms with Gasteiger partial charge in [0, 0.05) is 29.6 Å². The maximum Gasteiger partial charge on any atom is 0.209 e. The summed E-state index contributed by atoms with van der Waals surface area (Å²) >= 11 is 1.38. The number of rotatable bonds is 7. The van der Waals surface area contributed by atoms with Gasteiger partial charge in [0.05, 0.1) is 18.4 Å². The summed E-state index contributed by atoms with van der Waals surface area (Å²) < 4.78 is 9.57. The van der Waals surface area contributed by atoms with E-state index in [-0.39, 0.29) is 11.9 Å². The van der Waals surface area contributed by atoms with Gasteiger partial charge in [-0.2, -0.15) is 0 Å². The van der Waals surface area contributed by atoms with E-state index in [0.29, 0.717) is 23.5 Å². The van der Waals surface area contributed by atoms with Gasteiger partial charge in [0.25, 0.3) is 0 Å². The average Bonchev–Trinajstić information content (AvgIpc) is 3.27. The Morgan fingerprint density at radius 2 is 2.24 bits per heavy atom. The van der Waals surface area contributed by atoms with Gasteiger partial charge in [-0.05, 0) is 57.0 Å². The van der Waals surface area contributed by atoms with Crippen molar-refractivity contribution in [2.75, 3.05) is 12.4 Å². The van der Waals surface area contributed by atoms with Crippen molar-refractivity contribution in [3.8, 4) is 0 Å². The van der Waals surface area contributed by atoms with Crippen molar-refractivity contribution in [2.24, 2.45) is 0 Å². The van der Waals surface area contributed by atoms with E-state index in [1.807, 2.05) is 19.9 Å². The van der Waals surface area contributed by atoms with Crippen LogP contribution < -0.4 is 0 Å². The number of hydrogen-bond acceptors (Lipinski definition) is 6. The first-order valence-corrected chi connectivity index (χ1v) is 9.68. The molecule has 1 aliphatic rings. The van der Waals surface area contributed by atoms with Crippen LogP contribution in [0.2, 0.25) is 0 Å². The summed E-state index contributed by atoms with van der Waals surface area (Å²) in [6, 6.07) is 2.32. The Morgan fingerprint density at radius 3 is 2.88 bits per heavy atom. The van der Waals surface area contributed by atoms with Crippen LogP contribution in [0.3, 0.4) is 0 Å². The lowest BCUT2D eigenvalue weighted by atomic mass is 10.2. The van der Waals surface area contributed by atoms with E-state index in [1.165, 1.54) is 11.8 Å². The van der Waals surface area contributed by atoms with Crippen LogP contribution in [0.5, 0.6) is 0 Å². The zero-order valence-electron chi connectivity index (χ0n) is 15.2. The SMILES string of the molecule is Cc1cc(C(=O)CSc2nnnn2CC2CCCO2)c(C)n1C(C)C. The van der Waals surface area contributed by atoms with Gasteiger partial charge in [0.1, 0.15) is 0 Å². The predicted molar refractivity (Wildman–Crippen MR) is 96.1 cm³/mol. The predicted octanol–water partition coefficient (Wildman–Crippen LogP) is 2.83. The second-order valence-electron chi connectivity index (χ2n) is 6.74. The summed E-state index contributed by atoms with van der Waals surface area (Å²) in [5, 5.41) is 12.5. The molecule has 0 bridgehead atoms. The normalized spacial score (nSPS) is 17.6. The molecule has 0 saturated carbocycles. The molecule has 2 aromatic rings. The highest BCUT2D eigenvalue weighted by atomic mass is 32.2. The number of aryl methyl sites for hydroxylation is 1. The van der Waals surface area contributed by atoms with E-state index in [0.717, 1.165) is 36.4 Å². The van der Waals surface area contributed by atoms with Gasteiger partial charge in [-0.1, -0.05) is 11.8 Å². The third-order valence-corrected chi connectivity index (χ3v) is 5.49. The fourth-order valence-corrected chi connectivity index (χ4v) is 4.23. The number of hydrogen-bond donors (Lipinski definition) is 0. The molecule has 0 spiro atoms. The molecule has 0 aliphatic carbocycles. The van der Waals surface area contributed by atoms with Gasteiger partial charge < -0.3 is 9.30 Å². The van der Waals surface area contributed by atoms with Crippen LogP contribution in [0, 0.1) is 13.8 Å². The van der Waals surface area contributed by atoms with Crippen molar-refractivity contribution in [3.05, 3.63) is 23.0 Å². The monoisotopic (exact) mass is 363 g/mol. The van der Waals surface area contributed by atoms with Crippen molar-refractivity contribution in [1.82, 2.24) is 24.8 Å². The minimum Gasteiger partial charge on any atom is -0.376 e. The Labute approximate surface area is 152 Å². The summed E-state index contributed by atoms with van der Waals surface area (Å²) in [4.78, 5) is 12.7. The molecule has 2 aromatic heterocycles. The molecular weight excluding hydrogens is 338 g/mol. The highest BCUT2D eigenvalue weighted by Gasteiger charge is 2.21. The molecule has 8 heteroatoms. The molecule has 0 radical (unpaired) electrons. The van der Waals surface area contributed by atoms with Crippen LogP contribution >= 0.6 is 11.8 Å². The maximum absolute atomic E-state index is 12.7. The Hall–Kier alpha value is -1.67. The topological polar surface area (TPSA) is 74.8 Å². The zero-order chi connectivity index (χ0) is 18.0. The first-order valence-electron chi connectivity index (χ1n) is 8.69. The molecular formula is C17H25N5O2S. The molecule has 1 unspecified atom stereocenters. The Bertz CT molecular complexity index is 746. The van der Waals surface area contributed by atoms with E-state index >= 15 is 0 Å². The number of carbonyl (C=O) groups is 1. The van der Waals surface area contributed by atoms with Gasteiger partial charge in [0.2, 0.25) is 5.16 Å². The van der Waals surface area contributed by atoms with Crippen molar-refractivity contribution >= 4 is 17.5 Å². The second kappa shape index (κ2) is 7.70. The summed E-state index contributed by atoms with van der Waals surface area (Å²) in [7, 11) is 0. The number of carbonyl (C=O) groups excluding carboxylic acids is 1. The van der Waals surface area contributed by atoms with Crippen LogP contribution in [0.1, 0.15) is 54.5 Å². The minimum atomic E-state index is 0.108. The molecule has 7 nitrogen and oxygen atoms in total. The molecule has 0 aromatic carbocycles. The lowest BCUT2D eigenvalue weighted by molar-refractivity contribution is 0.0912. The van der Waals surface area contributed by atoms with E-state index in [2.05, 4.69) is 33.9 Å². The molecule has 1 fully saturated rings. The van der Waals surface area contributed by atoms with Crippen LogP contribution in [0.15, 0.2) is 11.2 Å². The standard InChI is InChI=1S/C17H25N5O2S/c1-11(2)22-12(3)8-15(13(22)4)16(23)10-25-17-18-19-20-21(17)9-14-6-5-7-24-14/h8,11,14H,5-7,9-10H2,1-4H3. The molecule has 1 atom stereocenters. The van der Waals surface area contributed by atoms with Crippen LogP contribution in [0.25, 0.3) is 0 Å². The lowest BCUT2D eigenvalue weighted by Crippen LogP contribution is -2.17. The fraction of sp³-hybridized carbons (Fsp3) is 0.647. The Kier molecular flexibility index (Phi) is 5.58. The quantitative estimate of drug-likeness (QED) is 0.556. The van der Waals surface area contributed by atoms with Gasteiger partial charge in [0.15, 0.2) is 5.78 Å². The molecule has 3 rings (SSSR count). The van der Waals surface area contributed by atoms with E-state index in [4.69, 9.17) is 4.74 Å². The van der Waals surface area contributed by atoms with Gasteiger partial charge >= 0.3 is 0 Å². The Balaban J connectivity index is 1.65. The number of thioether (sulfide) groups is 1.